The van der Waals surface area contributed by atoms with E-state index in [2.05, 4.69) is 158 Å². The van der Waals surface area contributed by atoms with Gasteiger partial charge in [-0.2, -0.15) is 0 Å². The zero-order valence-electron chi connectivity index (χ0n) is 30.6. The van der Waals surface area contributed by atoms with Gasteiger partial charge in [-0.1, -0.05) is 128 Å². The molecule has 0 radical (unpaired) electrons. The number of allylic oxidation sites excluding steroid dienone is 9. The van der Waals surface area contributed by atoms with E-state index in [4.69, 9.17) is 0 Å². The summed E-state index contributed by atoms with van der Waals surface area (Å²) in [5.74, 6) is 0.501. The first-order chi connectivity index (χ1) is 25.6. The summed E-state index contributed by atoms with van der Waals surface area (Å²) < 4.78 is 2.52. The average molecular weight is 677 g/mol. The van der Waals surface area contributed by atoms with E-state index < -0.39 is 0 Å². The molecule has 9 rings (SSSR count). The fourth-order valence-electron chi connectivity index (χ4n) is 9.22. The van der Waals surface area contributed by atoms with E-state index in [0.29, 0.717) is 5.92 Å². The number of fused-ring (bicyclic) bond motifs is 4. The van der Waals surface area contributed by atoms with Crippen LogP contribution in [-0.4, -0.2) is 17.2 Å². The summed E-state index contributed by atoms with van der Waals surface area (Å²) in [6, 6.07) is 21.1. The Kier molecular flexibility index (Phi) is 8.65. The number of aromatic nitrogens is 1. The Balaban J connectivity index is 0.950. The molecule has 0 bridgehead atoms. The van der Waals surface area contributed by atoms with Gasteiger partial charge in [0.2, 0.25) is 0 Å². The van der Waals surface area contributed by atoms with E-state index in [-0.39, 0.29) is 6.04 Å². The fourth-order valence-corrected chi connectivity index (χ4v) is 9.22. The summed E-state index contributed by atoms with van der Waals surface area (Å²) in [4.78, 5) is 0. The standard InChI is InChI=1S/C50H48N2/c1-4-36(50(37-15-6-5-7-16-37)51-32-35-13-8-9-14-35)23-24-40-31-41-30-39(26-28-44(40)41)38-25-27-42(33(2)29-38)43-17-10-20-47(34(43)3)52-48-21-11-18-45(48)46-19-12-22-49(46)52/h4,6,8-13,15,17-18,20,22-30,37,50-51H,1,5,7,14,16,19,21,31-32H2,2-3H3/b36-23+,40-24+. The monoisotopic (exact) mass is 676 g/mol. The molecule has 5 aliphatic rings. The van der Waals surface area contributed by atoms with E-state index in [1.807, 2.05) is 0 Å². The van der Waals surface area contributed by atoms with Crippen molar-refractivity contribution in [2.24, 2.45) is 5.92 Å². The molecule has 1 heterocycles. The van der Waals surface area contributed by atoms with Crippen molar-refractivity contribution in [1.82, 2.24) is 9.88 Å². The summed E-state index contributed by atoms with van der Waals surface area (Å²) in [5, 5.41) is 3.90. The summed E-state index contributed by atoms with van der Waals surface area (Å²) >= 11 is 0. The van der Waals surface area contributed by atoms with Gasteiger partial charge in [-0.3, -0.25) is 0 Å². The largest absolute Gasteiger partial charge is 0.313 e. The van der Waals surface area contributed by atoms with Gasteiger partial charge in [-0.15, -0.1) is 0 Å². The van der Waals surface area contributed by atoms with Crippen molar-refractivity contribution in [3.8, 4) is 27.9 Å². The molecule has 5 aliphatic carbocycles. The molecule has 0 spiro atoms. The van der Waals surface area contributed by atoms with Crippen molar-refractivity contribution in [2.75, 3.05) is 6.54 Å². The first-order valence-electron chi connectivity index (χ1n) is 19.3. The van der Waals surface area contributed by atoms with Crippen LogP contribution >= 0.6 is 0 Å². The van der Waals surface area contributed by atoms with Crippen molar-refractivity contribution < 1.29 is 0 Å². The summed E-state index contributed by atoms with van der Waals surface area (Å²) in [7, 11) is 0. The quantitative estimate of drug-likeness (QED) is 0.131. The third-order valence-electron chi connectivity index (χ3n) is 12.1. The molecule has 1 N–H and O–H groups in total. The lowest BCUT2D eigenvalue weighted by molar-refractivity contribution is 0.426. The van der Waals surface area contributed by atoms with Crippen molar-refractivity contribution in [3.05, 3.63) is 178 Å². The lowest BCUT2D eigenvalue weighted by Crippen LogP contribution is -2.38. The molecule has 2 atom stereocenters. The Morgan fingerprint density at radius 3 is 2.58 bits per heavy atom. The van der Waals surface area contributed by atoms with Gasteiger partial charge >= 0.3 is 0 Å². The minimum atomic E-state index is 0.275. The minimum absolute atomic E-state index is 0.275. The molecule has 0 fully saturated rings. The minimum Gasteiger partial charge on any atom is -0.313 e. The topological polar surface area (TPSA) is 17.0 Å². The predicted octanol–water partition coefficient (Wildman–Crippen LogP) is 11.8. The van der Waals surface area contributed by atoms with Gasteiger partial charge < -0.3 is 9.88 Å². The molecule has 0 aliphatic heterocycles. The normalized spacial score (nSPS) is 19.5. The Morgan fingerprint density at radius 1 is 0.923 bits per heavy atom. The molecule has 52 heavy (non-hydrogen) atoms. The number of hydrogen-bond acceptors (Lipinski definition) is 1. The van der Waals surface area contributed by atoms with Crippen LogP contribution in [0.1, 0.15) is 70.5 Å². The van der Waals surface area contributed by atoms with E-state index in [9.17, 15) is 0 Å². The summed E-state index contributed by atoms with van der Waals surface area (Å²) in [6.45, 7) is 9.74. The van der Waals surface area contributed by atoms with Crippen LogP contribution in [0.4, 0.5) is 0 Å². The van der Waals surface area contributed by atoms with Gasteiger partial charge in [0, 0.05) is 36.1 Å². The maximum atomic E-state index is 4.25. The van der Waals surface area contributed by atoms with Gasteiger partial charge in [-0.05, 0) is 137 Å². The highest BCUT2D eigenvalue weighted by Gasteiger charge is 2.27. The molecule has 258 valence electrons. The first kappa shape index (κ1) is 32.7. The Labute approximate surface area is 309 Å². The van der Waals surface area contributed by atoms with Crippen LogP contribution in [0.3, 0.4) is 0 Å². The third kappa shape index (κ3) is 5.80. The average Bonchev–Trinajstić information content (AvgIpc) is 3.98. The summed E-state index contributed by atoms with van der Waals surface area (Å²) in [5.41, 5.74) is 21.8. The smallest absolute Gasteiger partial charge is 0.0497 e. The predicted molar refractivity (Wildman–Crippen MR) is 222 cm³/mol. The molecule has 0 amide bonds. The number of hydrogen-bond donors (Lipinski definition) is 1. The van der Waals surface area contributed by atoms with Gasteiger partial charge in [0.05, 0.1) is 0 Å². The SMILES string of the molecule is C=C/C(=C\C=C1/Cc2cc(-c3ccc(-c4cccc(-n5c6c(c7c5CC=C7)CC=C6)c4C)c(C)c3)ccc21)C(NCC1=CC=CC1)C1C=CCCC1. The summed E-state index contributed by atoms with van der Waals surface area (Å²) in [6.07, 6.45) is 35.2. The lowest BCUT2D eigenvalue weighted by Gasteiger charge is -2.30. The van der Waals surface area contributed by atoms with Gasteiger partial charge in [0.25, 0.3) is 0 Å². The highest BCUT2D eigenvalue weighted by atomic mass is 15.0. The highest BCUT2D eigenvalue weighted by Crippen LogP contribution is 2.41. The number of rotatable bonds is 10. The van der Waals surface area contributed by atoms with E-state index in [1.165, 1.54) is 109 Å². The van der Waals surface area contributed by atoms with E-state index >= 15 is 0 Å². The molecule has 0 saturated heterocycles. The molecule has 3 aromatic carbocycles. The van der Waals surface area contributed by atoms with Crippen LogP contribution in [0.2, 0.25) is 0 Å². The van der Waals surface area contributed by atoms with Crippen LogP contribution < -0.4 is 5.32 Å². The lowest BCUT2D eigenvalue weighted by atomic mass is 9.80. The molecule has 0 saturated carbocycles. The van der Waals surface area contributed by atoms with E-state index in [1.54, 1.807) is 0 Å². The van der Waals surface area contributed by atoms with Crippen LogP contribution in [0, 0.1) is 19.8 Å². The van der Waals surface area contributed by atoms with Crippen molar-refractivity contribution in [2.45, 2.75) is 64.8 Å². The second-order valence-electron chi connectivity index (χ2n) is 15.2. The number of aryl methyl sites for hydroxylation is 1. The van der Waals surface area contributed by atoms with Crippen molar-refractivity contribution >= 4 is 17.7 Å². The second-order valence-corrected chi connectivity index (χ2v) is 15.2. The van der Waals surface area contributed by atoms with E-state index in [0.717, 1.165) is 32.2 Å². The number of benzene rings is 3. The Hall–Kier alpha value is -5.18. The van der Waals surface area contributed by atoms with Crippen LogP contribution in [0.5, 0.6) is 0 Å². The van der Waals surface area contributed by atoms with Gasteiger partial charge in [-0.25, -0.2) is 0 Å². The van der Waals surface area contributed by atoms with Gasteiger partial charge in [0.1, 0.15) is 0 Å². The van der Waals surface area contributed by atoms with Gasteiger partial charge in [0.15, 0.2) is 0 Å². The molecule has 2 nitrogen and oxygen atoms in total. The molecule has 1 aromatic heterocycles. The third-order valence-corrected chi connectivity index (χ3v) is 12.1. The Morgan fingerprint density at radius 2 is 1.79 bits per heavy atom. The highest BCUT2D eigenvalue weighted by molar-refractivity contribution is 5.84. The zero-order chi connectivity index (χ0) is 35.2. The maximum Gasteiger partial charge on any atom is 0.0497 e. The second kappa shape index (κ2) is 13.7. The zero-order valence-corrected chi connectivity index (χ0v) is 30.6. The molecule has 2 unspecified atom stereocenters. The number of nitrogens with zero attached hydrogens (tertiary/aromatic N) is 1. The van der Waals surface area contributed by atoms with Crippen molar-refractivity contribution in [1.29, 1.82) is 0 Å². The molecular formula is C50H48N2. The van der Waals surface area contributed by atoms with Crippen LogP contribution in [0.15, 0.2) is 133 Å². The Bertz CT molecular complexity index is 2320. The molecular weight excluding hydrogens is 629 g/mol. The number of nitrogens with one attached hydrogen (secondary N) is 1. The van der Waals surface area contributed by atoms with Crippen molar-refractivity contribution in [3.63, 3.8) is 0 Å². The maximum absolute atomic E-state index is 4.25. The van der Waals surface area contributed by atoms with Crippen LogP contribution in [-0.2, 0) is 19.3 Å². The molecule has 4 aromatic rings. The van der Waals surface area contributed by atoms with Crippen LogP contribution in [0.25, 0.3) is 45.7 Å². The fraction of sp³-hybridized carbons (Fsp3) is 0.240. The first-order valence-corrected chi connectivity index (χ1v) is 19.3. The molecule has 2 heteroatoms.